The predicted molar refractivity (Wildman–Crippen MR) is 162 cm³/mol. The molecule has 192 valence electrons. The zero-order chi connectivity index (χ0) is 26.4. The van der Waals surface area contributed by atoms with Gasteiger partial charge in [-0.3, -0.25) is 0 Å². The number of allylic oxidation sites excluding steroid dienone is 14. The van der Waals surface area contributed by atoms with E-state index in [2.05, 4.69) is 142 Å². The molecule has 0 fully saturated rings. The average molecular weight is 491 g/mol. The molecule has 0 radical (unpaired) electrons. The lowest BCUT2D eigenvalue weighted by Gasteiger charge is -2.41. The van der Waals surface area contributed by atoms with Crippen LogP contribution in [0.2, 0.25) is 0 Å². The van der Waals surface area contributed by atoms with Gasteiger partial charge in [-0.2, -0.15) is 0 Å². The summed E-state index contributed by atoms with van der Waals surface area (Å²) in [4.78, 5) is 4.95. The minimum atomic E-state index is 0.292. The molecule has 4 unspecified atom stereocenters. The molecule has 3 aliphatic rings. The Morgan fingerprint density at radius 3 is 2.43 bits per heavy atom. The monoisotopic (exact) mass is 490 g/mol. The van der Waals surface area contributed by atoms with Gasteiger partial charge < -0.3 is 9.80 Å². The van der Waals surface area contributed by atoms with Crippen LogP contribution >= 0.6 is 0 Å². The van der Waals surface area contributed by atoms with Crippen LogP contribution in [0.4, 0.5) is 11.4 Å². The van der Waals surface area contributed by atoms with Crippen LogP contribution in [0.15, 0.2) is 132 Å². The zero-order valence-electron chi connectivity index (χ0n) is 23.1. The summed E-state index contributed by atoms with van der Waals surface area (Å²) in [7, 11) is 0. The molecule has 0 bridgehead atoms. The number of rotatable bonds is 8. The fourth-order valence-electron chi connectivity index (χ4n) is 5.45. The second kappa shape index (κ2) is 12.1. The Balaban J connectivity index is 1.76. The Bertz CT molecular complexity index is 1210. The summed E-state index contributed by atoms with van der Waals surface area (Å²) in [6, 6.07) is 9.45. The normalized spacial score (nSPS) is 25.5. The molecule has 0 N–H and O–H groups in total. The number of anilines is 2. The van der Waals surface area contributed by atoms with Crippen LogP contribution in [0.25, 0.3) is 0 Å². The van der Waals surface area contributed by atoms with Gasteiger partial charge in [0.05, 0.1) is 6.04 Å². The molecule has 4 rings (SSSR count). The van der Waals surface area contributed by atoms with Crippen LogP contribution < -0.4 is 9.80 Å². The van der Waals surface area contributed by atoms with Gasteiger partial charge in [-0.15, -0.1) is 0 Å². The Hall–Kier alpha value is -3.52. The van der Waals surface area contributed by atoms with Crippen LogP contribution in [-0.2, 0) is 0 Å². The molecule has 0 saturated heterocycles. The van der Waals surface area contributed by atoms with Gasteiger partial charge in [0.25, 0.3) is 0 Å². The summed E-state index contributed by atoms with van der Waals surface area (Å²) in [5, 5.41) is 0. The van der Waals surface area contributed by atoms with E-state index in [0.717, 1.165) is 18.5 Å². The van der Waals surface area contributed by atoms with Gasteiger partial charge >= 0.3 is 0 Å². The molecule has 37 heavy (non-hydrogen) atoms. The summed E-state index contributed by atoms with van der Waals surface area (Å²) in [5.74, 6) is 1.42. The minimum Gasteiger partial charge on any atom is -0.337 e. The first-order valence-corrected chi connectivity index (χ1v) is 13.7. The lowest BCUT2D eigenvalue weighted by Crippen LogP contribution is -2.40. The summed E-state index contributed by atoms with van der Waals surface area (Å²) in [5.41, 5.74) is 7.58. The van der Waals surface area contributed by atoms with E-state index in [-0.39, 0.29) is 0 Å². The van der Waals surface area contributed by atoms with Crippen molar-refractivity contribution >= 4 is 11.4 Å². The quantitative estimate of drug-likeness (QED) is 0.335. The van der Waals surface area contributed by atoms with Crippen molar-refractivity contribution in [2.75, 3.05) is 9.80 Å². The average Bonchev–Trinajstić information content (AvgIpc) is 2.90. The number of hydrogen-bond donors (Lipinski definition) is 0. The number of hydrogen-bond acceptors (Lipinski definition) is 2. The maximum Gasteiger partial charge on any atom is 0.0584 e. The highest BCUT2D eigenvalue weighted by Gasteiger charge is 2.29. The zero-order valence-corrected chi connectivity index (χ0v) is 23.1. The lowest BCUT2D eigenvalue weighted by molar-refractivity contribution is 0.547. The van der Waals surface area contributed by atoms with Crippen molar-refractivity contribution in [3.05, 3.63) is 132 Å². The van der Waals surface area contributed by atoms with Gasteiger partial charge in [-0.1, -0.05) is 93.7 Å². The van der Waals surface area contributed by atoms with Crippen molar-refractivity contribution in [2.45, 2.75) is 53.5 Å². The summed E-state index contributed by atoms with van der Waals surface area (Å²) < 4.78 is 0. The van der Waals surface area contributed by atoms with Crippen molar-refractivity contribution in [1.29, 1.82) is 0 Å². The molecule has 0 aliphatic heterocycles. The van der Waals surface area contributed by atoms with Crippen molar-refractivity contribution < 1.29 is 0 Å². The molecule has 1 aromatic carbocycles. The molecule has 2 nitrogen and oxygen atoms in total. The highest BCUT2D eigenvalue weighted by Crippen LogP contribution is 2.37. The third-order valence-corrected chi connectivity index (χ3v) is 7.50. The molecule has 0 heterocycles. The SMILES string of the molecule is C=C/C=C\C(=C/C)N(C1=CC=CC(C)C1)c1ccc(N(C2=CC=CCC2C)C2C=C(C)C=CC2C)cc1. The van der Waals surface area contributed by atoms with E-state index in [4.69, 9.17) is 0 Å². The van der Waals surface area contributed by atoms with Crippen LogP contribution in [0, 0.1) is 17.8 Å². The van der Waals surface area contributed by atoms with E-state index in [1.54, 1.807) is 0 Å². The Morgan fingerprint density at radius 2 is 1.76 bits per heavy atom. The van der Waals surface area contributed by atoms with Gasteiger partial charge in [0.15, 0.2) is 0 Å². The predicted octanol–water partition coefficient (Wildman–Crippen LogP) is 9.43. The van der Waals surface area contributed by atoms with Crippen molar-refractivity contribution in [2.24, 2.45) is 17.8 Å². The van der Waals surface area contributed by atoms with Crippen LogP contribution in [0.5, 0.6) is 0 Å². The van der Waals surface area contributed by atoms with Crippen molar-refractivity contribution in [1.82, 2.24) is 0 Å². The second-order valence-electron chi connectivity index (χ2n) is 10.5. The molecule has 2 heteroatoms. The van der Waals surface area contributed by atoms with Gasteiger partial charge in [0.2, 0.25) is 0 Å². The molecule has 1 aromatic rings. The highest BCUT2D eigenvalue weighted by atomic mass is 15.2. The van der Waals surface area contributed by atoms with E-state index in [0.29, 0.717) is 23.8 Å². The largest absolute Gasteiger partial charge is 0.337 e. The van der Waals surface area contributed by atoms with Crippen LogP contribution in [0.3, 0.4) is 0 Å². The van der Waals surface area contributed by atoms with E-state index >= 15 is 0 Å². The second-order valence-corrected chi connectivity index (χ2v) is 10.5. The molecular weight excluding hydrogens is 448 g/mol. The first kappa shape index (κ1) is 26.5. The third-order valence-electron chi connectivity index (χ3n) is 7.50. The summed E-state index contributed by atoms with van der Waals surface area (Å²) in [6.45, 7) is 15.1. The molecule has 0 amide bonds. The van der Waals surface area contributed by atoms with Crippen LogP contribution in [-0.4, -0.2) is 6.04 Å². The molecular formula is C35H42N2. The standard InChI is InChI=1S/C35H42N2/c1-7-9-15-30(8-2)36(33-16-12-13-26(3)24-33)31-20-22-32(23-21-31)37(34-17-11-10-14-28(34)5)35-25-27(4)18-19-29(35)6/h7-13,15-23,25-26,28-29,35H,1,14,24H2,2-6H3/b15-9-,30-8+. The van der Waals surface area contributed by atoms with Crippen molar-refractivity contribution in [3.8, 4) is 0 Å². The fraction of sp³-hybridized carbons (Fsp3) is 0.314. The Kier molecular flexibility index (Phi) is 8.71. The topological polar surface area (TPSA) is 6.48 Å². The molecule has 0 saturated carbocycles. The maximum atomic E-state index is 3.88. The molecule has 0 spiro atoms. The summed E-state index contributed by atoms with van der Waals surface area (Å²) in [6.07, 6.45) is 30.8. The third kappa shape index (κ3) is 6.07. The first-order chi connectivity index (χ1) is 17.9. The summed E-state index contributed by atoms with van der Waals surface area (Å²) >= 11 is 0. The van der Waals surface area contributed by atoms with Crippen LogP contribution in [0.1, 0.15) is 47.5 Å². The molecule has 0 aromatic heterocycles. The van der Waals surface area contributed by atoms with E-state index < -0.39 is 0 Å². The molecule has 3 aliphatic carbocycles. The van der Waals surface area contributed by atoms with Gasteiger partial charge in [-0.25, -0.2) is 0 Å². The highest BCUT2D eigenvalue weighted by molar-refractivity contribution is 5.67. The van der Waals surface area contributed by atoms with Gasteiger partial charge in [-0.05, 0) is 86.9 Å². The van der Waals surface area contributed by atoms with Gasteiger partial charge in [0.1, 0.15) is 0 Å². The van der Waals surface area contributed by atoms with Crippen molar-refractivity contribution in [3.63, 3.8) is 0 Å². The van der Waals surface area contributed by atoms with E-state index in [1.165, 1.54) is 28.3 Å². The van der Waals surface area contributed by atoms with E-state index in [1.807, 2.05) is 12.2 Å². The number of benzene rings is 1. The smallest absolute Gasteiger partial charge is 0.0584 e. The Labute approximate surface area is 224 Å². The fourth-order valence-corrected chi connectivity index (χ4v) is 5.45. The lowest BCUT2D eigenvalue weighted by atomic mass is 9.88. The molecule has 4 atom stereocenters. The van der Waals surface area contributed by atoms with Gasteiger partial charge in [0, 0.05) is 28.5 Å². The van der Waals surface area contributed by atoms with E-state index in [9.17, 15) is 0 Å². The maximum absolute atomic E-state index is 3.88. The number of nitrogens with zero attached hydrogens (tertiary/aromatic N) is 2. The Morgan fingerprint density at radius 1 is 1.00 bits per heavy atom. The first-order valence-electron chi connectivity index (χ1n) is 13.7. The minimum absolute atomic E-state index is 0.292.